The van der Waals surface area contributed by atoms with E-state index >= 15 is 0 Å². The van der Waals surface area contributed by atoms with Crippen LogP contribution < -0.4 is 15.0 Å². The molecular weight excluding hydrogens is 501 g/mol. The van der Waals surface area contributed by atoms with E-state index in [0.29, 0.717) is 54.9 Å². The largest absolute Gasteiger partial charge is 0.497 e. The number of hydrogen-bond acceptors (Lipinski definition) is 6. The van der Waals surface area contributed by atoms with Crippen molar-refractivity contribution in [2.24, 2.45) is 0 Å². The van der Waals surface area contributed by atoms with Gasteiger partial charge >= 0.3 is 6.03 Å². The Morgan fingerprint density at radius 3 is 2.72 bits per heavy atom. The molecule has 2 amide bonds. The average Bonchev–Trinajstić information content (AvgIpc) is 2.91. The van der Waals surface area contributed by atoms with E-state index in [1.165, 1.54) is 0 Å². The first-order valence-corrected chi connectivity index (χ1v) is 12.6. The van der Waals surface area contributed by atoms with E-state index in [1.54, 1.807) is 30.2 Å². The van der Waals surface area contributed by atoms with Crippen molar-refractivity contribution in [1.82, 2.24) is 14.9 Å². The molecule has 1 N–H and O–H groups in total. The summed E-state index contributed by atoms with van der Waals surface area (Å²) in [5, 5.41) is 3.61. The second-order valence-corrected chi connectivity index (χ2v) is 9.50. The van der Waals surface area contributed by atoms with Gasteiger partial charge in [0.05, 0.1) is 48.3 Å². The first kappa shape index (κ1) is 24.6. The lowest BCUT2D eigenvalue weighted by molar-refractivity contribution is 0.122. The molecule has 3 heterocycles. The van der Waals surface area contributed by atoms with Crippen molar-refractivity contribution in [3.8, 4) is 5.75 Å². The molecule has 36 heavy (non-hydrogen) atoms. The number of morpholine rings is 1. The average molecular weight is 528 g/mol. The molecule has 1 fully saturated rings. The van der Waals surface area contributed by atoms with Gasteiger partial charge in [-0.1, -0.05) is 41.4 Å². The standard InChI is InChI=1S/C26H27Cl2N5O3/c1-35-18-5-2-4-17(14-18)15-23-29-21-8-9-33(26(34)30-22-7-3-6-20(27)24(22)28)16-19(21)25(31-23)32-10-12-36-13-11-32/h2-7,14H,8-13,15-16H2,1H3,(H,30,34). The van der Waals surface area contributed by atoms with Crippen LogP contribution in [0.2, 0.25) is 10.0 Å². The van der Waals surface area contributed by atoms with Gasteiger partial charge in [-0.2, -0.15) is 0 Å². The van der Waals surface area contributed by atoms with Crippen LogP contribution in [-0.4, -0.2) is 60.9 Å². The Morgan fingerprint density at radius 2 is 1.92 bits per heavy atom. The number of aromatic nitrogens is 2. The van der Waals surface area contributed by atoms with Crippen molar-refractivity contribution in [1.29, 1.82) is 0 Å². The summed E-state index contributed by atoms with van der Waals surface area (Å²) in [4.78, 5) is 27.0. The third kappa shape index (κ3) is 5.36. The summed E-state index contributed by atoms with van der Waals surface area (Å²) < 4.78 is 10.9. The molecule has 188 valence electrons. The molecule has 5 rings (SSSR count). The van der Waals surface area contributed by atoms with Gasteiger partial charge in [-0.05, 0) is 29.8 Å². The lowest BCUT2D eigenvalue weighted by Gasteiger charge is -2.34. The maximum absolute atomic E-state index is 13.1. The maximum Gasteiger partial charge on any atom is 0.322 e. The molecular formula is C26H27Cl2N5O3. The van der Waals surface area contributed by atoms with Crippen molar-refractivity contribution in [3.05, 3.63) is 75.2 Å². The molecule has 0 spiro atoms. The SMILES string of the molecule is COc1cccc(Cc2nc3c(c(N4CCOCC4)n2)CN(C(=O)Nc2cccc(Cl)c2Cl)CC3)c1. The molecule has 0 unspecified atom stereocenters. The van der Waals surface area contributed by atoms with Gasteiger partial charge in [-0.25, -0.2) is 14.8 Å². The quantitative estimate of drug-likeness (QED) is 0.512. The highest BCUT2D eigenvalue weighted by Gasteiger charge is 2.28. The van der Waals surface area contributed by atoms with Crippen molar-refractivity contribution in [3.63, 3.8) is 0 Å². The molecule has 10 heteroatoms. The molecule has 1 saturated heterocycles. The fourth-order valence-electron chi connectivity index (χ4n) is 4.50. The fourth-order valence-corrected chi connectivity index (χ4v) is 4.84. The van der Waals surface area contributed by atoms with E-state index in [4.69, 9.17) is 42.6 Å². The van der Waals surface area contributed by atoms with Gasteiger partial charge < -0.3 is 24.6 Å². The number of methoxy groups -OCH3 is 1. The van der Waals surface area contributed by atoms with Crippen LogP contribution in [0.5, 0.6) is 5.75 Å². The molecule has 0 bridgehead atoms. The predicted octanol–water partition coefficient (Wildman–Crippen LogP) is 4.81. The second-order valence-electron chi connectivity index (χ2n) is 8.72. The Balaban J connectivity index is 1.42. The monoisotopic (exact) mass is 527 g/mol. The van der Waals surface area contributed by atoms with Gasteiger partial charge in [-0.15, -0.1) is 0 Å². The summed E-state index contributed by atoms with van der Waals surface area (Å²) in [7, 11) is 1.66. The van der Waals surface area contributed by atoms with E-state index < -0.39 is 0 Å². The summed E-state index contributed by atoms with van der Waals surface area (Å²) in [5.41, 5.74) is 3.52. The molecule has 2 aliphatic heterocycles. The minimum absolute atomic E-state index is 0.238. The fraction of sp³-hybridized carbons (Fsp3) is 0.346. The number of carbonyl (C=O) groups excluding carboxylic acids is 1. The smallest absolute Gasteiger partial charge is 0.322 e. The Hall–Kier alpha value is -3.07. The molecule has 2 aromatic carbocycles. The number of urea groups is 1. The van der Waals surface area contributed by atoms with E-state index in [1.807, 2.05) is 24.3 Å². The number of amides is 2. The normalized spacial score (nSPS) is 15.4. The third-order valence-electron chi connectivity index (χ3n) is 6.37. The highest BCUT2D eigenvalue weighted by molar-refractivity contribution is 6.43. The van der Waals surface area contributed by atoms with Gasteiger partial charge in [0.15, 0.2) is 0 Å². The van der Waals surface area contributed by atoms with Crippen LogP contribution in [0, 0.1) is 0 Å². The Morgan fingerprint density at radius 1 is 1.11 bits per heavy atom. The zero-order valence-electron chi connectivity index (χ0n) is 20.0. The Labute approximate surface area is 220 Å². The molecule has 3 aromatic rings. The number of rotatable bonds is 5. The van der Waals surface area contributed by atoms with Gasteiger partial charge in [0.25, 0.3) is 0 Å². The Kier molecular flexibility index (Phi) is 7.46. The summed E-state index contributed by atoms with van der Waals surface area (Å²) in [6.07, 6.45) is 1.23. The predicted molar refractivity (Wildman–Crippen MR) is 140 cm³/mol. The van der Waals surface area contributed by atoms with Gasteiger partial charge in [0.1, 0.15) is 17.4 Å². The highest BCUT2D eigenvalue weighted by Crippen LogP contribution is 2.31. The molecule has 2 aliphatic rings. The maximum atomic E-state index is 13.1. The minimum Gasteiger partial charge on any atom is -0.497 e. The molecule has 0 radical (unpaired) electrons. The number of halogens is 2. The first-order valence-electron chi connectivity index (χ1n) is 11.9. The van der Waals surface area contributed by atoms with Gasteiger partial charge in [0.2, 0.25) is 0 Å². The van der Waals surface area contributed by atoms with Crippen LogP contribution in [0.15, 0.2) is 42.5 Å². The molecule has 1 aromatic heterocycles. The van der Waals surface area contributed by atoms with E-state index in [-0.39, 0.29) is 6.03 Å². The van der Waals surface area contributed by atoms with Crippen molar-refractivity contribution < 1.29 is 14.3 Å². The topological polar surface area (TPSA) is 79.8 Å². The van der Waals surface area contributed by atoms with E-state index in [2.05, 4.69) is 10.2 Å². The lowest BCUT2D eigenvalue weighted by Crippen LogP contribution is -2.42. The number of ether oxygens (including phenoxy) is 2. The summed E-state index contributed by atoms with van der Waals surface area (Å²) in [6.45, 7) is 3.71. The number of nitrogens with one attached hydrogen (secondary N) is 1. The van der Waals surface area contributed by atoms with Crippen molar-refractivity contribution in [2.75, 3.05) is 50.2 Å². The van der Waals surface area contributed by atoms with Gasteiger partial charge in [0, 0.05) is 38.0 Å². The van der Waals surface area contributed by atoms with Crippen LogP contribution in [0.25, 0.3) is 0 Å². The number of anilines is 2. The molecule has 0 atom stereocenters. The number of hydrogen-bond donors (Lipinski definition) is 1. The number of nitrogens with zero attached hydrogens (tertiary/aromatic N) is 4. The van der Waals surface area contributed by atoms with Gasteiger partial charge in [-0.3, -0.25) is 0 Å². The summed E-state index contributed by atoms with van der Waals surface area (Å²) >= 11 is 12.4. The Bertz CT molecular complexity index is 1270. The number of benzene rings is 2. The highest BCUT2D eigenvalue weighted by atomic mass is 35.5. The third-order valence-corrected chi connectivity index (χ3v) is 7.19. The van der Waals surface area contributed by atoms with E-state index in [0.717, 1.165) is 47.3 Å². The molecule has 8 nitrogen and oxygen atoms in total. The van der Waals surface area contributed by atoms with Crippen molar-refractivity contribution in [2.45, 2.75) is 19.4 Å². The minimum atomic E-state index is -0.238. The summed E-state index contributed by atoms with van der Waals surface area (Å²) in [5.74, 6) is 2.44. The van der Waals surface area contributed by atoms with E-state index in [9.17, 15) is 4.79 Å². The van der Waals surface area contributed by atoms with Crippen molar-refractivity contribution >= 4 is 40.7 Å². The number of carbonyl (C=O) groups is 1. The summed E-state index contributed by atoms with van der Waals surface area (Å²) in [6, 6.07) is 12.9. The second kappa shape index (κ2) is 10.9. The number of fused-ring (bicyclic) bond motifs is 1. The zero-order chi connectivity index (χ0) is 25.1. The lowest BCUT2D eigenvalue weighted by atomic mass is 10.0. The van der Waals surface area contributed by atoms with Crippen LogP contribution in [0.4, 0.5) is 16.3 Å². The van der Waals surface area contributed by atoms with Crippen LogP contribution in [-0.2, 0) is 24.1 Å². The molecule has 0 saturated carbocycles. The zero-order valence-corrected chi connectivity index (χ0v) is 21.5. The van der Waals surface area contributed by atoms with Crippen LogP contribution >= 0.6 is 23.2 Å². The first-order chi connectivity index (χ1) is 17.5. The van der Waals surface area contributed by atoms with Crippen LogP contribution in [0.3, 0.4) is 0 Å². The molecule has 0 aliphatic carbocycles. The van der Waals surface area contributed by atoms with Crippen LogP contribution in [0.1, 0.15) is 22.6 Å².